The third-order valence-electron chi connectivity index (χ3n) is 6.01. The molecule has 2 aliphatic rings. The lowest BCUT2D eigenvalue weighted by molar-refractivity contribution is -0.137. The standard InChI is InChI=1S/C22H28INO4S/c23-19-7-5-6-16(14-19)12-13-29(27,28)24-22-18-11-10-17(15-18)20(22)8-3-1-2-4-9-21(25)26/h1,3,5-7,12-14,17-18,20,22,24H,2,4,8-11,15H2,(H,25,26)/b3-1+,13-12+. The van der Waals surface area contributed by atoms with Crippen molar-refractivity contribution in [3.63, 3.8) is 0 Å². The fourth-order valence-corrected chi connectivity index (χ4v) is 6.41. The van der Waals surface area contributed by atoms with E-state index in [9.17, 15) is 13.2 Å². The number of carboxylic acid groups (broad SMARTS) is 1. The number of halogens is 1. The molecule has 3 rings (SSSR count). The van der Waals surface area contributed by atoms with Gasteiger partial charge in [-0.2, -0.15) is 0 Å². The van der Waals surface area contributed by atoms with Crippen LogP contribution >= 0.6 is 22.6 Å². The molecule has 0 spiro atoms. The number of carboxylic acids is 1. The fourth-order valence-electron chi connectivity index (χ4n) is 4.68. The SMILES string of the molecule is O=C(O)CCC/C=C/CC1C2CCC(C2)C1NS(=O)(=O)/C=C/c1cccc(I)c1. The third kappa shape index (κ3) is 6.65. The van der Waals surface area contributed by atoms with E-state index in [1.807, 2.05) is 30.3 Å². The summed E-state index contributed by atoms with van der Waals surface area (Å²) >= 11 is 2.21. The Morgan fingerprint density at radius 3 is 2.79 bits per heavy atom. The highest BCUT2D eigenvalue weighted by Crippen LogP contribution is 2.50. The van der Waals surface area contributed by atoms with Gasteiger partial charge in [-0.1, -0.05) is 24.3 Å². The van der Waals surface area contributed by atoms with Gasteiger partial charge in [0, 0.05) is 21.4 Å². The second-order valence-electron chi connectivity index (χ2n) is 8.04. The van der Waals surface area contributed by atoms with Gasteiger partial charge in [-0.3, -0.25) is 4.79 Å². The summed E-state index contributed by atoms with van der Waals surface area (Å²) in [6, 6.07) is 7.71. The van der Waals surface area contributed by atoms with Crippen molar-refractivity contribution in [1.29, 1.82) is 0 Å². The molecule has 2 saturated carbocycles. The topological polar surface area (TPSA) is 83.5 Å². The van der Waals surface area contributed by atoms with Gasteiger partial charge in [0.1, 0.15) is 0 Å². The van der Waals surface area contributed by atoms with E-state index in [4.69, 9.17) is 5.11 Å². The van der Waals surface area contributed by atoms with Gasteiger partial charge >= 0.3 is 5.97 Å². The van der Waals surface area contributed by atoms with Crippen molar-refractivity contribution in [2.24, 2.45) is 17.8 Å². The third-order valence-corrected chi connectivity index (χ3v) is 7.78. The lowest BCUT2D eigenvalue weighted by Crippen LogP contribution is -2.43. The molecule has 2 aliphatic carbocycles. The van der Waals surface area contributed by atoms with Gasteiger partial charge in [-0.05, 0) is 103 Å². The van der Waals surface area contributed by atoms with Crippen LogP contribution in [-0.4, -0.2) is 25.5 Å². The molecule has 0 aliphatic heterocycles. The highest BCUT2D eigenvalue weighted by molar-refractivity contribution is 14.1. The van der Waals surface area contributed by atoms with E-state index in [1.165, 1.54) is 11.8 Å². The maximum atomic E-state index is 12.7. The number of unbranched alkanes of at least 4 members (excludes halogenated alkanes) is 1. The van der Waals surface area contributed by atoms with Gasteiger partial charge in [0.25, 0.3) is 0 Å². The van der Waals surface area contributed by atoms with Crippen molar-refractivity contribution in [3.8, 4) is 0 Å². The minimum Gasteiger partial charge on any atom is -0.481 e. The quantitative estimate of drug-likeness (QED) is 0.259. The van der Waals surface area contributed by atoms with Crippen LogP contribution in [-0.2, 0) is 14.8 Å². The predicted molar refractivity (Wildman–Crippen MR) is 124 cm³/mol. The normalized spacial score (nSPS) is 26.7. The molecule has 0 saturated heterocycles. The van der Waals surface area contributed by atoms with E-state index in [0.717, 1.165) is 34.8 Å². The maximum Gasteiger partial charge on any atom is 0.303 e. The molecule has 0 heterocycles. The minimum atomic E-state index is -3.50. The molecule has 4 atom stereocenters. The Hall–Kier alpha value is -1.19. The first kappa shape index (κ1) is 22.5. The van der Waals surface area contributed by atoms with Crippen LogP contribution in [0.1, 0.15) is 50.5 Å². The van der Waals surface area contributed by atoms with Crippen molar-refractivity contribution in [2.45, 2.75) is 51.0 Å². The average molecular weight is 529 g/mol. The van der Waals surface area contributed by atoms with Gasteiger partial charge in [0.05, 0.1) is 0 Å². The summed E-state index contributed by atoms with van der Waals surface area (Å²) in [5.74, 6) is 0.562. The number of carbonyl (C=O) groups is 1. The maximum absolute atomic E-state index is 12.7. The van der Waals surface area contributed by atoms with E-state index in [0.29, 0.717) is 24.2 Å². The first-order valence-electron chi connectivity index (χ1n) is 10.2. The van der Waals surface area contributed by atoms with Gasteiger partial charge in [0.15, 0.2) is 0 Å². The summed E-state index contributed by atoms with van der Waals surface area (Å²) in [5.41, 5.74) is 0.871. The molecule has 1 aromatic carbocycles. The van der Waals surface area contributed by atoms with Crippen LogP contribution < -0.4 is 4.72 Å². The van der Waals surface area contributed by atoms with Crippen LogP contribution in [0.2, 0.25) is 0 Å². The van der Waals surface area contributed by atoms with Gasteiger partial charge < -0.3 is 5.11 Å². The molecule has 1 aromatic rings. The van der Waals surface area contributed by atoms with Gasteiger partial charge in [0.2, 0.25) is 10.0 Å². The summed E-state index contributed by atoms with van der Waals surface area (Å²) in [7, 11) is -3.50. The van der Waals surface area contributed by atoms with E-state index < -0.39 is 16.0 Å². The molecule has 7 heteroatoms. The molecule has 5 nitrogen and oxygen atoms in total. The Bertz CT molecular complexity index is 881. The number of hydrogen-bond acceptors (Lipinski definition) is 3. The molecule has 29 heavy (non-hydrogen) atoms. The second-order valence-corrected chi connectivity index (χ2v) is 10.9. The lowest BCUT2D eigenvalue weighted by atomic mass is 9.83. The Morgan fingerprint density at radius 1 is 1.24 bits per heavy atom. The lowest BCUT2D eigenvalue weighted by Gasteiger charge is -2.30. The van der Waals surface area contributed by atoms with Crippen molar-refractivity contribution < 1.29 is 18.3 Å². The van der Waals surface area contributed by atoms with E-state index in [2.05, 4.69) is 33.4 Å². The zero-order chi connectivity index (χ0) is 20.9. The number of rotatable bonds is 10. The average Bonchev–Trinajstić information content (AvgIpc) is 3.25. The van der Waals surface area contributed by atoms with Crippen molar-refractivity contribution in [2.75, 3.05) is 0 Å². The van der Waals surface area contributed by atoms with E-state index in [-0.39, 0.29) is 12.5 Å². The van der Waals surface area contributed by atoms with Crippen molar-refractivity contribution in [3.05, 3.63) is 51.0 Å². The smallest absolute Gasteiger partial charge is 0.303 e. The number of fused-ring (bicyclic) bond motifs is 2. The number of benzene rings is 1. The molecule has 4 unspecified atom stereocenters. The second kappa shape index (κ2) is 10.2. The number of allylic oxidation sites excluding steroid dienone is 2. The Balaban J connectivity index is 1.58. The molecule has 158 valence electrons. The number of aliphatic carboxylic acids is 1. The van der Waals surface area contributed by atoms with Crippen LogP contribution in [0, 0.1) is 21.3 Å². The summed E-state index contributed by atoms with van der Waals surface area (Å²) in [6.45, 7) is 0. The highest BCUT2D eigenvalue weighted by Gasteiger charge is 2.47. The van der Waals surface area contributed by atoms with Crippen molar-refractivity contribution in [1.82, 2.24) is 4.72 Å². The van der Waals surface area contributed by atoms with Crippen LogP contribution in [0.25, 0.3) is 6.08 Å². The number of sulfonamides is 1. The largest absolute Gasteiger partial charge is 0.481 e. The number of nitrogens with one attached hydrogen (secondary N) is 1. The molecule has 0 amide bonds. The van der Waals surface area contributed by atoms with Crippen molar-refractivity contribution >= 4 is 44.7 Å². The van der Waals surface area contributed by atoms with Crippen LogP contribution in [0.15, 0.2) is 41.8 Å². The Labute approximate surface area is 186 Å². The predicted octanol–water partition coefficient (Wildman–Crippen LogP) is 4.80. The highest BCUT2D eigenvalue weighted by atomic mass is 127. The summed E-state index contributed by atoms with van der Waals surface area (Å²) < 4.78 is 29.4. The first-order valence-corrected chi connectivity index (χ1v) is 12.8. The van der Waals surface area contributed by atoms with Crippen LogP contribution in [0.4, 0.5) is 0 Å². The van der Waals surface area contributed by atoms with E-state index >= 15 is 0 Å². The zero-order valence-corrected chi connectivity index (χ0v) is 19.3. The van der Waals surface area contributed by atoms with Crippen LogP contribution in [0.5, 0.6) is 0 Å². The monoisotopic (exact) mass is 529 g/mol. The molecule has 2 N–H and O–H groups in total. The van der Waals surface area contributed by atoms with Crippen LogP contribution in [0.3, 0.4) is 0 Å². The molecule has 0 aromatic heterocycles. The minimum absolute atomic E-state index is 0.0111. The van der Waals surface area contributed by atoms with E-state index in [1.54, 1.807) is 6.08 Å². The summed E-state index contributed by atoms with van der Waals surface area (Å²) in [6.07, 6.45) is 11.6. The molecule has 2 bridgehead atoms. The molecular weight excluding hydrogens is 501 g/mol. The summed E-state index contributed by atoms with van der Waals surface area (Å²) in [4.78, 5) is 10.6. The fraction of sp³-hybridized carbons (Fsp3) is 0.500. The Kier molecular flexibility index (Phi) is 7.92. The molecular formula is C22H28INO4S. The zero-order valence-electron chi connectivity index (χ0n) is 16.3. The molecule has 0 radical (unpaired) electrons. The number of hydrogen-bond donors (Lipinski definition) is 2. The first-order chi connectivity index (χ1) is 13.8. The molecule has 2 fully saturated rings. The Morgan fingerprint density at radius 2 is 2.03 bits per heavy atom. The van der Waals surface area contributed by atoms with Gasteiger partial charge in [-0.25, -0.2) is 13.1 Å². The van der Waals surface area contributed by atoms with Gasteiger partial charge in [-0.15, -0.1) is 0 Å². The summed E-state index contributed by atoms with van der Waals surface area (Å²) in [5, 5.41) is 9.97.